The first-order chi connectivity index (χ1) is 14.7. The van der Waals surface area contributed by atoms with Gasteiger partial charge >= 0.3 is 0 Å². The van der Waals surface area contributed by atoms with Crippen LogP contribution in [0.2, 0.25) is 0 Å². The Morgan fingerprint density at radius 1 is 1.06 bits per heavy atom. The number of aryl methyl sites for hydroxylation is 1. The predicted octanol–water partition coefficient (Wildman–Crippen LogP) is 4.81. The highest BCUT2D eigenvalue weighted by Gasteiger charge is 2.29. The van der Waals surface area contributed by atoms with Gasteiger partial charge in [-0.25, -0.2) is 8.42 Å². The standard InChI is InChI=1S/C23H22N2O5S/c1-13(2)22-16-12-18(25-31(27,28)21-8-6-5-7-20(21)29-4)15(11-17(16)24-23(22)26)19-10-9-14(3)30-19/h5-12,25H,1-4H3,(H,24,26). The molecule has 0 unspecified atom stereocenters. The number of rotatable bonds is 5. The van der Waals surface area contributed by atoms with E-state index in [1.807, 2.05) is 13.8 Å². The lowest BCUT2D eigenvalue weighted by molar-refractivity contribution is -0.110. The van der Waals surface area contributed by atoms with Gasteiger partial charge in [0, 0.05) is 22.4 Å². The summed E-state index contributed by atoms with van der Waals surface area (Å²) in [4.78, 5) is 12.5. The number of nitrogens with one attached hydrogen (secondary N) is 2. The summed E-state index contributed by atoms with van der Waals surface area (Å²) >= 11 is 0. The van der Waals surface area contributed by atoms with E-state index >= 15 is 0 Å². The van der Waals surface area contributed by atoms with Crippen molar-refractivity contribution in [3.8, 4) is 17.1 Å². The molecule has 31 heavy (non-hydrogen) atoms. The molecular weight excluding hydrogens is 416 g/mol. The number of anilines is 2. The van der Waals surface area contributed by atoms with Crippen LogP contribution in [0.1, 0.15) is 25.2 Å². The minimum Gasteiger partial charge on any atom is -0.495 e. The molecule has 8 heteroatoms. The highest BCUT2D eigenvalue weighted by molar-refractivity contribution is 7.92. The zero-order valence-corrected chi connectivity index (χ0v) is 18.4. The number of para-hydroxylation sites is 1. The molecule has 3 aromatic rings. The second-order valence-corrected chi connectivity index (χ2v) is 9.09. The number of hydrogen-bond acceptors (Lipinski definition) is 5. The van der Waals surface area contributed by atoms with E-state index in [0.717, 1.165) is 5.57 Å². The number of allylic oxidation sites excluding steroid dienone is 1. The van der Waals surface area contributed by atoms with E-state index < -0.39 is 10.0 Å². The van der Waals surface area contributed by atoms with Gasteiger partial charge < -0.3 is 14.5 Å². The zero-order valence-electron chi connectivity index (χ0n) is 17.6. The van der Waals surface area contributed by atoms with E-state index in [0.29, 0.717) is 39.6 Å². The molecule has 0 fully saturated rings. The fourth-order valence-corrected chi connectivity index (χ4v) is 4.86. The molecule has 7 nitrogen and oxygen atoms in total. The molecule has 0 radical (unpaired) electrons. The summed E-state index contributed by atoms with van der Waals surface area (Å²) in [6.07, 6.45) is 0. The van der Waals surface area contributed by atoms with E-state index in [4.69, 9.17) is 9.15 Å². The van der Waals surface area contributed by atoms with Crippen molar-refractivity contribution in [3.63, 3.8) is 0 Å². The number of carbonyl (C=O) groups excluding carboxylic acids is 1. The molecule has 2 aromatic carbocycles. The van der Waals surface area contributed by atoms with Gasteiger partial charge in [0.1, 0.15) is 22.2 Å². The number of fused-ring (bicyclic) bond motifs is 1. The zero-order chi connectivity index (χ0) is 22.3. The van der Waals surface area contributed by atoms with Crippen LogP contribution in [0.15, 0.2) is 63.4 Å². The number of ether oxygens (including phenoxy) is 1. The summed E-state index contributed by atoms with van der Waals surface area (Å²) in [6.45, 7) is 5.48. The fourth-order valence-electron chi connectivity index (χ4n) is 3.62. The largest absolute Gasteiger partial charge is 0.495 e. The van der Waals surface area contributed by atoms with Gasteiger partial charge in [0.2, 0.25) is 0 Å². The van der Waals surface area contributed by atoms with E-state index in [2.05, 4.69) is 10.0 Å². The van der Waals surface area contributed by atoms with Crippen LogP contribution in [0.25, 0.3) is 16.9 Å². The summed E-state index contributed by atoms with van der Waals surface area (Å²) < 4.78 is 40.1. The second kappa shape index (κ2) is 7.63. The highest BCUT2D eigenvalue weighted by atomic mass is 32.2. The Kier molecular flexibility index (Phi) is 5.10. The summed E-state index contributed by atoms with van der Waals surface area (Å²) in [6, 6.07) is 13.3. The van der Waals surface area contributed by atoms with Crippen molar-refractivity contribution in [2.24, 2.45) is 0 Å². The summed E-state index contributed by atoms with van der Waals surface area (Å²) in [5, 5.41) is 2.85. The monoisotopic (exact) mass is 438 g/mol. The quantitative estimate of drug-likeness (QED) is 0.557. The Morgan fingerprint density at radius 2 is 1.81 bits per heavy atom. The molecule has 4 rings (SSSR count). The molecule has 1 aliphatic rings. The van der Waals surface area contributed by atoms with Crippen molar-refractivity contribution in [2.75, 3.05) is 17.1 Å². The third-order valence-corrected chi connectivity index (χ3v) is 6.42. The van der Waals surface area contributed by atoms with Crippen molar-refractivity contribution < 1.29 is 22.4 Å². The van der Waals surface area contributed by atoms with E-state index in [9.17, 15) is 13.2 Å². The van der Waals surface area contributed by atoms with Crippen molar-refractivity contribution in [1.29, 1.82) is 0 Å². The van der Waals surface area contributed by atoms with E-state index in [-0.39, 0.29) is 16.6 Å². The first kappa shape index (κ1) is 20.7. The van der Waals surface area contributed by atoms with Gasteiger partial charge in [0.25, 0.3) is 15.9 Å². The first-order valence-corrected chi connectivity index (χ1v) is 11.1. The van der Waals surface area contributed by atoms with Crippen LogP contribution in [0, 0.1) is 6.92 Å². The summed E-state index contributed by atoms with van der Waals surface area (Å²) in [5.41, 5.74) is 3.40. The van der Waals surface area contributed by atoms with Crippen molar-refractivity contribution in [3.05, 3.63) is 65.4 Å². The summed E-state index contributed by atoms with van der Waals surface area (Å²) in [7, 11) is -2.57. The smallest absolute Gasteiger partial charge is 0.265 e. The molecule has 0 aliphatic carbocycles. The van der Waals surface area contributed by atoms with Crippen LogP contribution in [0.3, 0.4) is 0 Å². The third kappa shape index (κ3) is 3.70. The van der Waals surface area contributed by atoms with Crippen molar-refractivity contribution in [2.45, 2.75) is 25.7 Å². The van der Waals surface area contributed by atoms with E-state index in [1.54, 1.807) is 49.4 Å². The lowest BCUT2D eigenvalue weighted by Crippen LogP contribution is -2.15. The van der Waals surface area contributed by atoms with Crippen LogP contribution >= 0.6 is 0 Å². The average molecular weight is 439 g/mol. The Bertz CT molecular complexity index is 1330. The molecule has 0 atom stereocenters. The van der Waals surface area contributed by atoms with Crippen LogP contribution in [0.4, 0.5) is 11.4 Å². The first-order valence-electron chi connectivity index (χ1n) is 9.61. The van der Waals surface area contributed by atoms with Gasteiger partial charge in [-0.2, -0.15) is 0 Å². The maximum atomic E-state index is 13.2. The lowest BCUT2D eigenvalue weighted by atomic mass is 9.99. The number of sulfonamides is 1. The molecule has 0 bridgehead atoms. The summed E-state index contributed by atoms with van der Waals surface area (Å²) in [5.74, 6) is 1.18. The number of carbonyl (C=O) groups is 1. The molecule has 0 saturated heterocycles. The molecule has 0 spiro atoms. The van der Waals surface area contributed by atoms with Gasteiger partial charge in [0.15, 0.2) is 0 Å². The Morgan fingerprint density at radius 3 is 2.45 bits per heavy atom. The minimum absolute atomic E-state index is 0.0104. The molecular formula is C23H22N2O5S. The molecule has 160 valence electrons. The topological polar surface area (TPSA) is 97.6 Å². The normalized spacial score (nSPS) is 13.0. The van der Waals surface area contributed by atoms with Crippen LogP contribution < -0.4 is 14.8 Å². The molecule has 1 aromatic heterocycles. The van der Waals surface area contributed by atoms with Crippen LogP contribution in [-0.4, -0.2) is 21.4 Å². The van der Waals surface area contributed by atoms with E-state index in [1.165, 1.54) is 13.2 Å². The maximum absolute atomic E-state index is 13.2. The third-order valence-electron chi connectivity index (χ3n) is 5.01. The van der Waals surface area contributed by atoms with Gasteiger partial charge in [-0.1, -0.05) is 17.7 Å². The van der Waals surface area contributed by atoms with Gasteiger partial charge in [0.05, 0.1) is 12.8 Å². The number of furan rings is 1. The SMILES string of the molecule is COc1ccccc1S(=O)(=O)Nc1cc2c(cc1-c1ccc(C)o1)NC(=O)C2=C(C)C. The molecule has 1 amide bonds. The average Bonchev–Trinajstić information content (AvgIpc) is 3.28. The predicted molar refractivity (Wildman–Crippen MR) is 120 cm³/mol. The molecule has 1 aliphatic heterocycles. The van der Waals surface area contributed by atoms with Crippen molar-refractivity contribution in [1.82, 2.24) is 0 Å². The lowest BCUT2D eigenvalue weighted by Gasteiger charge is -2.15. The highest BCUT2D eigenvalue weighted by Crippen LogP contribution is 2.42. The minimum atomic E-state index is -3.99. The van der Waals surface area contributed by atoms with Crippen LogP contribution in [0.5, 0.6) is 5.75 Å². The molecule has 2 heterocycles. The van der Waals surface area contributed by atoms with Crippen molar-refractivity contribution >= 4 is 32.9 Å². The maximum Gasteiger partial charge on any atom is 0.265 e. The molecule has 2 N–H and O–H groups in total. The van der Waals surface area contributed by atoms with Gasteiger partial charge in [-0.3, -0.25) is 9.52 Å². The van der Waals surface area contributed by atoms with Gasteiger partial charge in [-0.05, 0) is 57.2 Å². The Hall–Kier alpha value is -3.52. The Labute approximate surface area is 180 Å². The number of hydrogen-bond donors (Lipinski definition) is 2. The number of amides is 1. The van der Waals surface area contributed by atoms with Crippen LogP contribution in [-0.2, 0) is 14.8 Å². The fraction of sp³-hybridized carbons (Fsp3) is 0.174. The number of benzene rings is 2. The Balaban J connectivity index is 1.90. The molecule has 0 saturated carbocycles. The van der Waals surface area contributed by atoms with Gasteiger partial charge in [-0.15, -0.1) is 0 Å². The number of methoxy groups -OCH3 is 1. The second-order valence-electron chi connectivity index (χ2n) is 7.44.